The molecule has 0 aliphatic rings. The molecule has 0 spiro atoms. The molecular weight excluding hydrogens is 248 g/mol. The minimum absolute atomic E-state index is 0.646. The van der Waals surface area contributed by atoms with Crippen molar-refractivity contribution in [1.29, 1.82) is 0 Å². The molecule has 3 nitrogen and oxygen atoms in total. The fourth-order valence-corrected chi connectivity index (χ4v) is 1.92. The van der Waals surface area contributed by atoms with E-state index < -0.39 is 0 Å². The topological polar surface area (TPSA) is 47.3 Å². The maximum atomic E-state index is 6.17. The van der Waals surface area contributed by atoms with Gasteiger partial charge in [0.2, 0.25) is 0 Å². The highest BCUT2D eigenvalue weighted by atomic mass is 35.5. The summed E-state index contributed by atoms with van der Waals surface area (Å²) in [6.45, 7) is 2.00. The van der Waals surface area contributed by atoms with Gasteiger partial charge in [0, 0.05) is 6.07 Å². The van der Waals surface area contributed by atoms with E-state index in [0.29, 0.717) is 10.7 Å². The smallest absolute Gasteiger partial charge is 0.121 e. The van der Waals surface area contributed by atoms with Crippen molar-refractivity contribution in [3.63, 3.8) is 0 Å². The SMILES string of the molecule is COc1ccc(N)c(Nc2ccc(C)cc2Cl)c1. The van der Waals surface area contributed by atoms with Crippen molar-refractivity contribution >= 4 is 28.7 Å². The molecule has 0 fully saturated rings. The molecule has 3 N–H and O–H groups in total. The zero-order valence-electron chi connectivity index (χ0n) is 10.3. The summed E-state index contributed by atoms with van der Waals surface area (Å²) in [5, 5.41) is 3.87. The minimum Gasteiger partial charge on any atom is -0.497 e. The van der Waals surface area contributed by atoms with Crippen LogP contribution < -0.4 is 15.8 Å². The van der Waals surface area contributed by atoms with Gasteiger partial charge in [-0.05, 0) is 36.8 Å². The van der Waals surface area contributed by atoms with Gasteiger partial charge in [-0.2, -0.15) is 0 Å². The summed E-state index contributed by atoms with van der Waals surface area (Å²) in [6.07, 6.45) is 0. The van der Waals surface area contributed by atoms with Gasteiger partial charge >= 0.3 is 0 Å². The monoisotopic (exact) mass is 262 g/mol. The first-order valence-electron chi connectivity index (χ1n) is 5.57. The van der Waals surface area contributed by atoms with E-state index in [4.69, 9.17) is 22.1 Å². The number of rotatable bonds is 3. The molecule has 0 aliphatic heterocycles. The molecule has 0 atom stereocenters. The van der Waals surface area contributed by atoms with Crippen molar-refractivity contribution in [3.05, 3.63) is 47.0 Å². The largest absolute Gasteiger partial charge is 0.497 e. The number of aryl methyl sites for hydroxylation is 1. The number of hydrogen-bond acceptors (Lipinski definition) is 3. The van der Waals surface area contributed by atoms with E-state index in [2.05, 4.69) is 5.32 Å². The van der Waals surface area contributed by atoms with Gasteiger partial charge in [-0.3, -0.25) is 0 Å². The summed E-state index contributed by atoms with van der Waals surface area (Å²) in [6, 6.07) is 11.3. The zero-order valence-corrected chi connectivity index (χ0v) is 11.1. The Morgan fingerprint density at radius 2 is 1.89 bits per heavy atom. The number of nitrogens with two attached hydrogens (primary N) is 1. The van der Waals surface area contributed by atoms with Gasteiger partial charge in [0.1, 0.15) is 5.75 Å². The van der Waals surface area contributed by atoms with E-state index in [1.54, 1.807) is 13.2 Å². The highest BCUT2D eigenvalue weighted by Gasteiger charge is 2.05. The average molecular weight is 263 g/mol. The van der Waals surface area contributed by atoms with E-state index in [9.17, 15) is 0 Å². The predicted molar refractivity (Wildman–Crippen MR) is 76.9 cm³/mol. The molecule has 4 heteroatoms. The molecule has 0 amide bonds. The van der Waals surface area contributed by atoms with Gasteiger partial charge in [0.15, 0.2) is 0 Å². The Hall–Kier alpha value is -1.87. The normalized spacial score (nSPS) is 10.2. The van der Waals surface area contributed by atoms with E-state index >= 15 is 0 Å². The lowest BCUT2D eigenvalue weighted by Crippen LogP contribution is -1.97. The van der Waals surface area contributed by atoms with E-state index in [1.165, 1.54) is 0 Å². The second kappa shape index (κ2) is 5.19. The van der Waals surface area contributed by atoms with E-state index in [0.717, 1.165) is 22.7 Å². The number of halogens is 1. The van der Waals surface area contributed by atoms with Crippen LogP contribution in [0.25, 0.3) is 0 Å². The number of ether oxygens (including phenoxy) is 1. The van der Waals surface area contributed by atoms with Crippen LogP contribution in [-0.2, 0) is 0 Å². The summed E-state index contributed by atoms with van der Waals surface area (Å²) in [5.74, 6) is 0.745. The first kappa shape index (κ1) is 12.6. The highest BCUT2D eigenvalue weighted by molar-refractivity contribution is 6.33. The van der Waals surface area contributed by atoms with Crippen LogP contribution in [0, 0.1) is 6.92 Å². The third kappa shape index (κ3) is 2.68. The number of nitrogens with one attached hydrogen (secondary N) is 1. The second-order valence-corrected chi connectivity index (χ2v) is 4.47. The van der Waals surface area contributed by atoms with Gasteiger partial charge in [-0.25, -0.2) is 0 Å². The van der Waals surface area contributed by atoms with Crippen molar-refractivity contribution in [2.45, 2.75) is 6.92 Å². The van der Waals surface area contributed by atoms with Crippen LogP contribution in [0.1, 0.15) is 5.56 Å². The van der Waals surface area contributed by atoms with Crippen molar-refractivity contribution in [1.82, 2.24) is 0 Å². The Labute approximate surface area is 112 Å². The number of nitrogen functional groups attached to an aromatic ring is 1. The van der Waals surface area contributed by atoms with Crippen LogP contribution in [-0.4, -0.2) is 7.11 Å². The lowest BCUT2D eigenvalue weighted by Gasteiger charge is -2.12. The summed E-state index contributed by atoms with van der Waals surface area (Å²) in [7, 11) is 1.62. The molecule has 2 rings (SSSR count). The molecule has 0 saturated carbocycles. The predicted octanol–water partition coefficient (Wildman–Crippen LogP) is 3.98. The van der Waals surface area contributed by atoms with Crippen LogP contribution in [0.15, 0.2) is 36.4 Å². The molecule has 0 aromatic heterocycles. The molecule has 0 radical (unpaired) electrons. The number of anilines is 3. The van der Waals surface area contributed by atoms with Gasteiger partial charge in [-0.15, -0.1) is 0 Å². The van der Waals surface area contributed by atoms with Gasteiger partial charge in [0.05, 0.1) is 29.2 Å². The van der Waals surface area contributed by atoms with E-state index in [1.807, 2.05) is 37.3 Å². The standard InChI is InChI=1S/C14H15ClN2O/c1-9-3-6-13(11(15)7-9)17-14-8-10(18-2)4-5-12(14)16/h3-8,17H,16H2,1-2H3. The lowest BCUT2D eigenvalue weighted by atomic mass is 10.2. The number of hydrogen-bond donors (Lipinski definition) is 2. The third-order valence-corrected chi connectivity index (χ3v) is 2.97. The van der Waals surface area contributed by atoms with Crippen molar-refractivity contribution in [2.24, 2.45) is 0 Å². The Morgan fingerprint density at radius 1 is 1.11 bits per heavy atom. The van der Waals surface area contributed by atoms with Crippen LogP contribution in [0.2, 0.25) is 5.02 Å². The van der Waals surface area contributed by atoms with Crippen LogP contribution in [0.3, 0.4) is 0 Å². The number of benzene rings is 2. The molecular formula is C14H15ClN2O. The molecule has 0 saturated heterocycles. The molecule has 2 aromatic rings. The van der Waals surface area contributed by atoms with Crippen LogP contribution in [0.5, 0.6) is 5.75 Å². The fourth-order valence-electron chi connectivity index (χ4n) is 1.64. The Bertz CT molecular complexity index is 570. The fraction of sp³-hybridized carbons (Fsp3) is 0.143. The maximum Gasteiger partial charge on any atom is 0.121 e. The van der Waals surface area contributed by atoms with Gasteiger partial charge < -0.3 is 15.8 Å². The average Bonchev–Trinajstić information content (AvgIpc) is 2.35. The maximum absolute atomic E-state index is 6.17. The van der Waals surface area contributed by atoms with Gasteiger partial charge in [0.25, 0.3) is 0 Å². The zero-order chi connectivity index (χ0) is 13.1. The minimum atomic E-state index is 0.646. The summed E-state index contributed by atoms with van der Waals surface area (Å²) < 4.78 is 5.17. The number of methoxy groups -OCH3 is 1. The molecule has 0 aliphatic carbocycles. The lowest BCUT2D eigenvalue weighted by molar-refractivity contribution is 0.415. The molecule has 94 valence electrons. The molecule has 18 heavy (non-hydrogen) atoms. The Morgan fingerprint density at radius 3 is 2.56 bits per heavy atom. The Kier molecular flexibility index (Phi) is 3.63. The third-order valence-electron chi connectivity index (χ3n) is 2.65. The first-order chi connectivity index (χ1) is 8.60. The summed E-state index contributed by atoms with van der Waals surface area (Å²) >= 11 is 6.17. The molecule has 0 heterocycles. The Balaban J connectivity index is 2.33. The molecule has 0 unspecified atom stereocenters. The highest BCUT2D eigenvalue weighted by Crippen LogP contribution is 2.31. The first-order valence-corrected chi connectivity index (χ1v) is 5.94. The van der Waals surface area contributed by atoms with Crippen LogP contribution in [0.4, 0.5) is 17.1 Å². The second-order valence-electron chi connectivity index (χ2n) is 4.06. The van der Waals surface area contributed by atoms with E-state index in [-0.39, 0.29) is 0 Å². The van der Waals surface area contributed by atoms with Crippen LogP contribution >= 0.6 is 11.6 Å². The quantitative estimate of drug-likeness (QED) is 0.823. The summed E-state index contributed by atoms with van der Waals surface area (Å²) in [4.78, 5) is 0. The molecule has 2 aromatic carbocycles. The van der Waals surface area contributed by atoms with Crippen molar-refractivity contribution in [3.8, 4) is 5.75 Å². The van der Waals surface area contributed by atoms with Crippen molar-refractivity contribution in [2.75, 3.05) is 18.2 Å². The van der Waals surface area contributed by atoms with Crippen molar-refractivity contribution < 1.29 is 4.74 Å². The van der Waals surface area contributed by atoms with Gasteiger partial charge in [-0.1, -0.05) is 17.7 Å². The summed E-state index contributed by atoms with van der Waals surface area (Å²) in [5.41, 5.74) is 9.27. The molecule has 0 bridgehead atoms.